The number of fused-ring (bicyclic) bond motifs is 1. The summed E-state index contributed by atoms with van der Waals surface area (Å²) in [6.07, 6.45) is 3.17. The fraction of sp³-hybridized carbons (Fsp3) is 0.920. The monoisotopic (exact) mass is 488 g/mol. The van der Waals surface area contributed by atoms with Crippen molar-refractivity contribution in [3.8, 4) is 0 Å². The van der Waals surface area contributed by atoms with Crippen LogP contribution in [-0.4, -0.2) is 27.6 Å². The minimum atomic E-state index is -3.66. The van der Waals surface area contributed by atoms with Gasteiger partial charge in [0.1, 0.15) is 5.76 Å². The van der Waals surface area contributed by atoms with Gasteiger partial charge >= 0.3 is 7.82 Å². The molecule has 0 heterocycles. The second kappa shape index (κ2) is 9.49. The molecule has 0 aromatic rings. The zero-order valence-electron chi connectivity index (χ0n) is 22.8. The van der Waals surface area contributed by atoms with Crippen LogP contribution in [0.25, 0.3) is 0 Å². The van der Waals surface area contributed by atoms with E-state index in [2.05, 4.69) is 68.5 Å². The molecule has 0 radical (unpaired) electrons. The Labute approximate surface area is 198 Å². The molecule has 5 nitrogen and oxygen atoms in total. The van der Waals surface area contributed by atoms with Crippen LogP contribution in [-0.2, 0) is 22.6 Å². The summed E-state index contributed by atoms with van der Waals surface area (Å²) in [5.74, 6) is 1.24. The molecule has 0 N–H and O–H groups in total. The minimum absolute atomic E-state index is 0.0912. The van der Waals surface area contributed by atoms with E-state index < -0.39 is 16.1 Å². The van der Waals surface area contributed by atoms with Crippen LogP contribution in [0.5, 0.6) is 0 Å². The predicted octanol–water partition coefficient (Wildman–Crippen LogP) is 8.33. The van der Waals surface area contributed by atoms with Crippen molar-refractivity contribution in [1.29, 1.82) is 0 Å². The molecule has 0 amide bonds. The summed E-state index contributed by atoms with van der Waals surface area (Å²) in [5, 5.41) is 0.144. The van der Waals surface area contributed by atoms with E-state index in [1.165, 1.54) is 0 Å². The molecule has 7 heteroatoms. The van der Waals surface area contributed by atoms with Crippen LogP contribution in [0.4, 0.5) is 0 Å². The molecule has 4 atom stereocenters. The molecule has 0 unspecified atom stereocenters. The summed E-state index contributed by atoms with van der Waals surface area (Å²) < 4.78 is 37.8. The lowest BCUT2D eigenvalue weighted by atomic mass is 9.52. The van der Waals surface area contributed by atoms with Gasteiger partial charge in [0.15, 0.2) is 8.32 Å². The van der Waals surface area contributed by atoms with Crippen molar-refractivity contribution < 1.29 is 22.6 Å². The highest BCUT2D eigenvalue weighted by Crippen LogP contribution is 2.63. The molecule has 2 rings (SSSR count). The zero-order valence-corrected chi connectivity index (χ0v) is 24.7. The first-order chi connectivity index (χ1) is 14.4. The molecule has 1 fully saturated rings. The summed E-state index contributed by atoms with van der Waals surface area (Å²) in [6.45, 7) is 27.2. The van der Waals surface area contributed by atoms with Crippen molar-refractivity contribution in [3.05, 3.63) is 11.3 Å². The molecule has 2 aliphatic rings. The van der Waals surface area contributed by atoms with Gasteiger partial charge in [0, 0.05) is 11.3 Å². The van der Waals surface area contributed by atoms with Crippen molar-refractivity contribution >= 4 is 16.1 Å². The maximum atomic E-state index is 13.4. The van der Waals surface area contributed by atoms with Crippen LogP contribution in [0.2, 0.25) is 18.1 Å². The van der Waals surface area contributed by atoms with Gasteiger partial charge in [-0.3, -0.25) is 9.05 Å². The summed E-state index contributed by atoms with van der Waals surface area (Å²) in [6, 6.07) is 0. The quantitative estimate of drug-likeness (QED) is 0.254. The Morgan fingerprint density at radius 2 is 1.56 bits per heavy atom. The fourth-order valence-corrected chi connectivity index (χ4v) is 7.94. The lowest BCUT2D eigenvalue weighted by molar-refractivity contribution is -0.0927. The Morgan fingerprint density at radius 3 is 2.03 bits per heavy atom. The molecule has 0 aliphatic heterocycles. The largest absolute Gasteiger partial charge is 0.529 e. The maximum Gasteiger partial charge on any atom is 0.529 e. The van der Waals surface area contributed by atoms with Crippen molar-refractivity contribution in [2.45, 2.75) is 113 Å². The van der Waals surface area contributed by atoms with Gasteiger partial charge in [0.2, 0.25) is 0 Å². The van der Waals surface area contributed by atoms with E-state index in [0.717, 1.165) is 30.6 Å². The highest BCUT2D eigenvalue weighted by Gasteiger charge is 2.57. The van der Waals surface area contributed by atoms with Crippen LogP contribution >= 0.6 is 7.82 Å². The van der Waals surface area contributed by atoms with E-state index >= 15 is 0 Å². The molecule has 0 spiro atoms. The van der Waals surface area contributed by atoms with Crippen LogP contribution in [0.15, 0.2) is 11.3 Å². The normalized spacial score (nSPS) is 31.4. The average Bonchev–Trinajstić information content (AvgIpc) is 2.60. The average molecular weight is 489 g/mol. The first kappa shape index (κ1) is 28.1. The van der Waals surface area contributed by atoms with Gasteiger partial charge in [-0.25, -0.2) is 4.57 Å². The van der Waals surface area contributed by atoms with E-state index in [-0.39, 0.29) is 41.1 Å². The molecule has 0 bridgehead atoms. The van der Waals surface area contributed by atoms with Crippen LogP contribution in [0, 0.1) is 22.7 Å². The predicted molar refractivity (Wildman–Crippen MR) is 135 cm³/mol. The first-order valence-corrected chi connectivity index (χ1v) is 16.8. The van der Waals surface area contributed by atoms with Gasteiger partial charge in [-0.15, -0.1) is 0 Å². The Kier molecular flexibility index (Phi) is 8.33. The smallest absolute Gasteiger partial charge is 0.413 e. The Hall–Kier alpha value is -0.133. The third kappa shape index (κ3) is 5.74. The second-order valence-corrected chi connectivity index (χ2v) is 18.9. The molecule has 0 aromatic carbocycles. The molecule has 32 heavy (non-hydrogen) atoms. The molecule has 188 valence electrons. The van der Waals surface area contributed by atoms with Crippen molar-refractivity contribution in [3.63, 3.8) is 0 Å². The SMILES string of the molecule is CCOP(=O)(OCC)OC1=C(C)[C@H](C)C[C@]2(C)[C@@H](O[Si](C)(C)C(C)(C)C)CC(C)(C)C[C@@H]12. The zero-order chi connectivity index (χ0) is 24.8. The summed E-state index contributed by atoms with van der Waals surface area (Å²) in [5.41, 5.74) is 1.16. The van der Waals surface area contributed by atoms with E-state index in [1.54, 1.807) is 0 Å². The number of hydrogen-bond acceptors (Lipinski definition) is 5. The number of hydrogen-bond donors (Lipinski definition) is 0. The third-order valence-electron chi connectivity index (χ3n) is 8.24. The fourth-order valence-electron chi connectivity index (χ4n) is 5.20. The van der Waals surface area contributed by atoms with Crippen LogP contribution < -0.4 is 0 Å². The standard InChI is InChI=1S/C25H49O5PSi/c1-13-27-31(26,28-14-2)29-22-19(4)18(3)15-25(10)20(22)16-24(8,9)17-21(25)30-32(11,12)23(5,6)7/h18,20-21H,13-17H2,1-12H3/t18-,20+,21+,25+/m1/s1. The van der Waals surface area contributed by atoms with E-state index in [9.17, 15) is 4.57 Å². The van der Waals surface area contributed by atoms with Gasteiger partial charge < -0.3 is 8.95 Å². The Balaban J connectivity index is 2.54. The summed E-state index contributed by atoms with van der Waals surface area (Å²) in [4.78, 5) is 0. The number of phosphoric ester groups is 1. The topological polar surface area (TPSA) is 54.0 Å². The molecular formula is C25H49O5PSi. The number of allylic oxidation sites excluding steroid dienone is 2. The van der Waals surface area contributed by atoms with Crippen molar-refractivity contribution in [2.24, 2.45) is 22.7 Å². The second-order valence-electron chi connectivity index (χ2n) is 12.5. The highest BCUT2D eigenvalue weighted by molar-refractivity contribution is 7.48. The molecule has 2 aliphatic carbocycles. The summed E-state index contributed by atoms with van der Waals surface area (Å²) >= 11 is 0. The number of rotatable bonds is 8. The van der Waals surface area contributed by atoms with Gasteiger partial charge in [-0.1, -0.05) is 48.5 Å². The molecular weight excluding hydrogens is 439 g/mol. The summed E-state index contributed by atoms with van der Waals surface area (Å²) in [7, 11) is -5.64. The van der Waals surface area contributed by atoms with Gasteiger partial charge in [-0.05, 0) is 75.1 Å². The lowest BCUT2D eigenvalue weighted by Gasteiger charge is -2.58. The van der Waals surface area contributed by atoms with Crippen LogP contribution in [0.3, 0.4) is 0 Å². The van der Waals surface area contributed by atoms with Crippen molar-refractivity contribution in [2.75, 3.05) is 13.2 Å². The van der Waals surface area contributed by atoms with Gasteiger partial charge in [0.25, 0.3) is 0 Å². The van der Waals surface area contributed by atoms with Crippen molar-refractivity contribution in [1.82, 2.24) is 0 Å². The highest BCUT2D eigenvalue weighted by atomic mass is 31.2. The van der Waals surface area contributed by atoms with Crippen LogP contribution in [0.1, 0.15) is 88.5 Å². The lowest BCUT2D eigenvalue weighted by Crippen LogP contribution is -2.57. The number of phosphoric acid groups is 1. The minimum Gasteiger partial charge on any atom is -0.413 e. The van der Waals surface area contributed by atoms with E-state index in [1.807, 2.05) is 13.8 Å². The molecule has 0 saturated heterocycles. The first-order valence-electron chi connectivity index (χ1n) is 12.4. The third-order valence-corrected chi connectivity index (χ3v) is 14.3. The Bertz CT molecular complexity index is 744. The van der Waals surface area contributed by atoms with Gasteiger partial charge in [0.05, 0.1) is 19.3 Å². The Morgan fingerprint density at radius 1 is 1.03 bits per heavy atom. The molecule has 1 saturated carbocycles. The maximum absolute atomic E-state index is 13.4. The molecule has 0 aromatic heterocycles. The van der Waals surface area contributed by atoms with Gasteiger partial charge in [-0.2, -0.15) is 0 Å². The van der Waals surface area contributed by atoms with E-state index in [4.69, 9.17) is 18.0 Å². The van der Waals surface area contributed by atoms with E-state index in [0.29, 0.717) is 5.92 Å².